The fourth-order valence-electron chi connectivity index (χ4n) is 1.42. The van der Waals surface area contributed by atoms with E-state index >= 15 is 0 Å². The van der Waals surface area contributed by atoms with Crippen molar-refractivity contribution in [2.24, 2.45) is 11.7 Å². The number of likely N-dealkylation sites (N-methyl/N-ethyl adjacent to an activating group) is 1. The summed E-state index contributed by atoms with van der Waals surface area (Å²) < 4.78 is 0. The first-order valence-electron chi connectivity index (χ1n) is 5.52. The first-order chi connectivity index (χ1) is 6.84. The van der Waals surface area contributed by atoms with Crippen LogP contribution in [0.1, 0.15) is 20.8 Å². The molecule has 0 saturated heterocycles. The fraction of sp³-hybridized carbons (Fsp3) is 0.909. The molecule has 0 bridgehead atoms. The highest BCUT2D eigenvalue weighted by atomic mass is 16.1. The number of hydrogen-bond donors (Lipinski definition) is 1. The zero-order valence-electron chi connectivity index (χ0n) is 10.7. The van der Waals surface area contributed by atoms with Gasteiger partial charge in [-0.2, -0.15) is 0 Å². The summed E-state index contributed by atoms with van der Waals surface area (Å²) in [5.74, 6) is 0.309. The van der Waals surface area contributed by atoms with Crippen molar-refractivity contribution in [1.82, 2.24) is 9.80 Å². The molecule has 1 amide bonds. The molecule has 0 aromatic carbocycles. The van der Waals surface area contributed by atoms with E-state index < -0.39 is 0 Å². The molecule has 4 heteroatoms. The van der Waals surface area contributed by atoms with Gasteiger partial charge in [0, 0.05) is 19.6 Å². The molecule has 0 aliphatic rings. The molecule has 1 unspecified atom stereocenters. The Kier molecular flexibility index (Phi) is 6.52. The number of rotatable bonds is 7. The Bertz CT molecular complexity index is 192. The van der Waals surface area contributed by atoms with E-state index in [1.807, 2.05) is 21.0 Å². The molecule has 0 radical (unpaired) electrons. The van der Waals surface area contributed by atoms with Crippen molar-refractivity contribution in [1.29, 1.82) is 0 Å². The van der Waals surface area contributed by atoms with E-state index in [4.69, 9.17) is 5.73 Å². The second-order valence-corrected chi connectivity index (χ2v) is 4.77. The van der Waals surface area contributed by atoms with Crippen LogP contribution in [0.5, 0.6) is 0 Å². The molecule has 0 fully saturated rings. The van der Waals surface area contributed by atoms with Gasteiger partial charge in [-0.15, -0.1) is 0 Å². The molecule has 90 valence electrons. The van der Waals surface area contributed by atoms with Crippen LogP contribution in [-0.2, 0) is 4.79 Å². The molecular formula is C11H25N3O. The van der Waals surface area contributed by atoms with Crippen LogP contribution in [-0.4, -0.2) is 55.5 Å². The Morgan fingerprint density at radius 3 is 2.07 bits per heavy atom. The minimum absolute atomic E-state index is 0.174. The molecule has 0 rings (SSSR count). The number of nitrogens with zero attached hydrogens (tertiary/aromatic N) is 2. The fourth-order valence-corrected chi connectivity index (χ4v) is 1.42. The van der Waals surface area contributed by atoms with Crippen molar-refractivity contribution in [3.05, 3.63) is 0 Å². The number of carbonyl (C=O) groups is 1. The topological polar surface area (TPSA) is 49.6 Å². The van der Waals surface area contributed by atoms with Crippen molar-refractivity contribution in [2.45, 2.75) is 26.8 Å². The number of amides is 1. The van der Waals surface area contributed by atoms with Crippen LogP contribution in [0.3, 0.4) is 0 Å². The van der Waals surface area contributed by atoms with Crippen molar-refractivity contribution >= 4 is 5.91 Å². The van der Waals surface area contributed by atoms with Crippen molar-refractivity contribution in [3.8, 4) is 0 Å². The quantitative estimate of drug-likeness (QED) is 0.668. The zero-order valence-corrected chi connectivity index (χ0v) is 10.7. The van der Waals surface area contributed by atoms with Gasteiger partial charge < -0.3 is 10.6 Å². The third-order valence-corrected chi connectivity index (χ3v) is 2.39. The lowest BCUT2D eigenvalue weighted by Crippen LogP contribution is -2.46. The summed E-state index contributed by atoms with van der Waals surface area (Å²) in [4.78, 5) is 15.4. The van der Waals surface area contributed by atoms with E-state index in [2.05, 4.69) is 23.6 Å². The molecule has 0 spiro atoms. The van der Waals surface area contributed by atoms with Crippen LogP contribution in [0.25, 0.3) is 0 Å². The predicted molar refractivity (Wildman–Crippen MR) is 63.6 cm³/mol. The maximum Gasteiger partial charge on any atom is 0.234 e. The van der Waals surface area contributed by atoms with Gasteiger partial charge in [0.25, 0.3) is 0 Å². The Hall–Kier alpha value is -0.610. The van der Waals surface area contributed by atoms with Crippen LogP contribution >= 0.6 is 0 Å². The molecule has 0 saturated carbocycles. The highest BCUT2D eigenvalue weighted by Crippen LogP contribution is 2.04. The van der Waals surface area contributed by atoms with E-state index in [0.717, 1.165) is 19.6 Å². The smallest absolute Gasteiger partial charge is 0.234 e. The SMILES string of the molecule is CC(C)CN(CCN(C)C)C(C)C(N)=O. The van der Waals surface area contributed by atoms with Gasteiger partial charge >= 0.3 is 0 Å². The summed E-state index contributed by atoms with van der Waals surface area (Å²) in [5, 5.41) is 0. The average Bonchev–Trinajstić information content (AvgIpc) is 2.10. The highest BCUT2D eigenvalue weighted by Gasteiger charge is 2.19. The van der Waals surface area contributed by atoms with Crippen molar-refractivity contribution < 1.29 is 4.79 Å². The molecule has 15 heavy (non-hydrogen) atoms. The molecular weight excluding hydrogens is 190 g/mol. The Morgan fingerprint density at radius 1 is 1.20 bits per heavy atom. The third-order valence-electron chi connectivity index (χ3n) is 2.39. The van der Waals surface area contributed by atoms with Crippen LogP contribution in [0.15, 0.2) is 0 Å². The Balaban J connectivity index is 4.23. The Morgan fingerprint density at radius 2 is 1.73 bits per heavy atom. The van der Waals surface area contributed by atoms with Crippen molar-refractivity contribution in [3.63, 3.8) is 0 Å². The van der Waals surface area contributed by atoms with E-state index in [9.17, 15) is 4.79 Å². The van der Waals surface area contributed by atoms with Gasteiger partial charge in [0.2, 0.25) is 5.91 Å². The molecule has 4 nitrogen and oxygen atoms in total. The summed E-state index contributed by atoms with van der Waals surface area (Å²) >= 11 is 0. The van der Waals surface area contributed by atoms with E-state index in [1.54, 1.807) is 0 Å². The molecule has 0 aliphatic heterocycles. The van der Waals surface area contributed by atoms with E-state index in [1.165, 1.54) is 0 Å². The molecule has 2 N–H and O–H groups in total. The standard InChI is InChI=1S/C11H25N3O/c1-9(2)8-14(7-6-13(4)5)10(3)11(12)15/h9-10H,6-8H2,1-5H3,(H2,12,15). The maximum absolute atomic E-state index is 11.1. The van der Waals surface area contributed by atoms with Gasteiger partial charge in [-0.1, -0.05) is 13.8 Å². The third kappa shape index (κ3) is 6.47. The average molecular weight is 215 g/mol. The summed E-state index contributed by atoms with van der Waals surface area (Å²) in [6.45, 7) is 8.92. The highest BCUT2D eigenvalue weighted by molar-refractivity contribution is 5.79. The summed E-state index contributed by atoms with van der Waals surface area (Å²) in [6.07, 6.45) is 0. The molecule has 0 heterocycles. The second-order valence-electron chi connectivity index (χ2n) is 4.77. The summed E-state index contributed by atoms with van der Waals surface area (Å²) in [7, 11) is 4.06. The van der Waals surface area contributed by atoms with Crippen LogP contribution in [0.2, 0.25) is 0 Å². The molecule has 0 aliphatic carbocycles. The van der Waals surface area contributed by atoms with Crippen LogP contribution < -0.4 is 5.73 Å². The number of hydrogen-bond acceptors (Lipinski definition) is 3. The minimum atomic E-state index is -0.241. The second kappa shape index (κ2) is 6.80. The number of carbonyl (C=O) groups excluding carboxylic acids is 1. The number of nitrogens with two attached hydrogens (primary N) is 1. The van der Waals surface area contributed by atoms with Gasteiger partial charge in [-0.05, 0) is 26.9 Å². The first-order valence-corrected chi connectivity index (χ1v) is 5.52. The van der Waals surface area contributed by atoms with Gasteiger partial charge in [0.05, 0.1) is 6.04 Å². The monoisotopic (exact) mass is 215 g/mol. The van der Waals surface area contributed by atoms with Crippen LogP contribution in [0, 0.1) is 5.92 Å². The van der Waals surface area contributed by atoms with Gasteiger partial charge in [-0.3, -0.25) is 9.69 Å². The minimum Gasteiger partial charge on any atom is -0.368 e. The van der Waals surface area contributed by atoms with Crippen molar-refractivity contribution in [2.75, 3.05) is 33.7 Å². The van der Waals surface area contributed by atoms with E-state index in [0.29, 0.717) is 5.92 Å². The first kappa shape index (κ1) is 14.4. The molecule has 0 aromatic rings. The number of primary amides is 1. The predicted octanol–water partition coefficient (Wildman–Crippen LogP) is 0.380. The lowest BCUT2D eigenvalue weighted by molar-refractivity contribution is -0.122. The van der Waals surface area contributed by atoms with Gasteiger partial charge in [-0.25, -0.2) is 0 Å². The lowest BCUT2D eigenvalue weighted by Gasteiger charge is -2.29. The van der Waals surface area contributed by atoms with E-state index in [-0.39, 0.29) is 11.9 Å². The maximum atomic E-state index is 11.1. The molecule has 1 atom stereocenters. The Labute approximate surface area is 93.4 Å². The van der Waals surface area contributed by atoms with Crippen LogP contribution in [0.4, 0.5) is 0 Å². The molecule has 0 aromatic heterocycles. The lowest BCUT2D eigenvalue weighted by atomic mass is 10.1. The summed E-state index contributed by atoms with van der Waals surface area (Å²) in [5.41, 5.74) is 5.32. The summed E-state index contributed by atoms with van der Waals surface area (Å²) in [6, 6.07) is -0.174. The van der Waals surface area contributed by atoms with Gasteiger partial charge in [0.1, 0.15) is 0 Å². The van der Waals surface area contributed by atoms with Gasteiger partial charge in [0.15, 0.2) is 0 Å². The largest absolute Gasteiger partial charge is 0.368 e. The zero-order chi connectivity index (χ0) is 12.0. The normalized spacial score (nSPS) is 13.9.